The number of nitriles is 1. The number of carbonyl (C=O) groups excluding carboxylic acids is 1. The van der Waals surface area contributed by atoms with Crippen LogP contribution >= 0.6 is 0 Å². The highest BCUT2D eigenvalue weighted by atomic mass is 16.3. The van der Waals surface area contributed by atoms with E-state index in [0.717, 1.165) is 6.08 Å². The summed E-state index contributed by atoms with van der Waals surface area (Å²) in [5.74, 6) is -0.396. The number of allylic oxidation sites excluding steroid dienone is 2. The van der Waals surface area contributed by atoms with Crippen LogP contribution in [0, 0.1) is 11.3 Å². The van der Waals surface area contributed by atoms with Crippen LogP contribution in [0.15, 0.2) is 35.9 Å². The maximum Gasteiger partial charge on any atom is 0.193 e. The molecule has 0 aliphatic heterocycles. The second kappa shape index (κ2) is 4.24. The molecule has 0 aromatic heterocycles. The molecule has 0 saturated heterocycles. The number of ketones is 1. The number of hydrogen-bond donors (Lipinski definition) is 1. The minimum atomic E-state index is -0.329. The van der Waals surface area contributed by atoms with Crippen LogP contribution in [0.3, 0.4) is 0 Å². The summed E-state index contributed by atoms with van der Waals surface area (Å²) in [7, 11) is 0. The first-order valence-corrected chi connectivity index (χ1v) is 4.06. The SMILES string of the molecule is CC(=CC#N)C(=O)c1ccccc1O. The highest BCUT2D eigenvalue weighted by Crippen LogP contribution is 2.18. The maximum atomic E-state index is 11.6. The van der Waals surface area contributed by atoms with Gasteiger partial charge >= 0.3 is 0 Å². The van der Waals surface area contributed by atoms with Crippen LogP contribution in [0.5, 0.6) is 5.75 Å². The summed E-state index contributed by atoms with van der Waals surface area (Å²) in [6.07, 6.45) is 1.16. The van der Waals surface area contributed by atoms with Gasteiger partial charge in [0, 0.05) is 11.6 Å². The zero-order valence-electron chi connectivity index (χ0n) is 7.69. The molecule has 1 N–H and O–H groups in total. The van der Waals surface area contributed by atoms with Gasteiger partial charge in [0.1, 0.15) is 5.75 Å². The number of Topliss-reactive ketones (excluding diaryl/α,β-unsaturated/α-hetero) is 1. The van der Waals surface area contributed by atoms with Crippen molar-refractivity contribution in [3.63, 3.8) is 0 Å². The summed E-state index contributed by atoms with van der Waals surface area (Å²) in [4.78, 5) is 11.6. The van der Waals surface area contributed by atoms with E-state index in [0.29, 0.717) is 5.57 Å². The number of rotatable bonds is 2. The van der Waals surface area contributed by atoms with Gasteiger partial charge in [0.2, 0.25) is 0 Å². The quantitative estimate of drug-likeness (QED) is 0.438. The molecular formula is C11H9NO2. The standard InChI is InChI=1S/C11H9NO2/c1-8(6-7-12)11(14)9-4-2-3-5-10(9)13/h2-6,13H,1H3. The van der Waals surface area contributed by atoms with Gasteiger partial charge in [0.05, 0.1) is 11.6 Å². The molecule has 1 aromatic carbocycles. The first-order valence-electron chi connectivity index (χ1n) is 4.06. The Kier molecular flexibility index (Phi) is 3.03. The van der Waals surface area contributed by atoms with Crippen molar-refractivity contribution in [3.8, 4) is 11.8 Å². The number of para-hydroxylation sites is 1. The summed E-state index contributed by atoms with van der Waals surface area (Å²) in [6, 6.07) is 8.02. The van der Waals surface area contributed by atoms with Crippen LogP contribution in [-0.4, -0.2) is 10.9 Å². The van der Waals surface area contributed by atoms with Gasteiger partial charge in [-0.15, -0.1) is 0 Å². The van der Waals surface area contributed by atoms with Crippen molar-refractivity contribution in [2.24, 2.45) is 0 Å². The van der Waals surface area contributed by atoms with Gasteiger partial charge in [-0.25, -0.2) is 0 Å². The van der Waals surface area contributed by atoms with Crippen LogP contribution in [0.25, 0.3) is 0 Å². The maximum absolute atomic E-state index is 11.6. The Labute approximate surface area is 81.9 Å². The Hall–Kier alpha value is -2.08. The minimum Gasteiger partial charge on any atom is -0.507 e. The van der Waals surface area contributed by atoms with Crippen molar-refractivity contribution in [1.82, 2.24) is 0 Å². The Morgan fingerprint density at radius 1 is 1.50 bits per heavy atom. The molecule has 0 fully saturated rings. The highest BCUT2D eigenvalue weighted by Gasteiger charge is 2.11. The van der Waals surface area contributed by atoms with E-state index in [-0.39, 0.29) is 17.1 Å². The van der Waals surface area contributed by atoms with E-state index in [9.17, 15) is 9.90 Å². The minimum absolute atomic E-state index is 0.0665. The molecule has 70 valence electrons. The molecule has 0 saturated carbocycles. The summed E-state index contributed by atoms with van der Waals surface area (Å²) in [5.41, 5.74) is 0.533. The number of hydrogen-bond acceptors (Lipinski definition) is 3. The molecule has 0 radical (unpaired) electrons. The predicted octanol–water partition coefficient (Wildman–Crippen LogP) is 2.04. The average Bonchev–Trinajstić information content (AvgIpc) is 2.18. The topological polar surface area (TPSA) is 61.1 Å². The number of phenolic OH excluding ortho intramolecular Hbond substituents is 1. The molecule has 0 atom stereocenters. The molecule has 3 nitrogen and oxygen atoms in total. The third-order valence-electron chi connectivity index (χ3n) is 1.79. The van der Waals surface area contributed by atoms with Crippen LogP contribution in [0.4, 0.5) is 0 Å². The first kappa shape index (κ1) is 10.0. The number of benzene rings is 1. The lowest BCUT2D eigenvalue weighted by Crippen LogP contribution is -2.00. The lowest BCUT2D eigenvalue weighted by atomic mass is 10.0. The molecule has 0 unspecified atom stereocenters. The number of phenols is 1. The second-order valence-corrected chi connectivity index (χ2v) is 2.80. The highest BCUT2D eigenvalue weighted by molar-refractivity contribution is 6.10. The zero-order valence-corrected chi connectivity index (χ0v) is 7.69. The Bertz CT molecular complexity index is 427. The number of nitrogens with zero attached hydrogens (tertiary/aromatic N) is 1. The van der Waals surface area contributed by atoms with Crippen LogP contribution in [0.1, 0.15) is 17.3 Å². The summed E-state index contributed by atoms with van der Waals surface area (Å²) in [5, 5.41) is 17.7. The molecule has 1 aromatic rings. The van der Waals surface area contributed by atoms with Gasteiger partial charge in [-0.1, -0.05) is 12.1 Å². The van der Waals surface area contributed by atoms with E-state index in [1.807, 2.05) is 0 Å². The van der Waals surface area contributed by atoms with Crippen molar-refractivity contribution < 1.29 is 9.90 Å². The smallest absolute Gasteiger partial charge is 0.193 e. The summed E-state index contributed by atoms with van der Waals surface area (Å²) >= 11 is 0. The number of carbonyl (C=O) groups is 1. The normalized spacial score (nSPS) is 10.7. The van der Waals surface area contributed by atoms with E-state index < -0.39 is 0 Å². The molecule has 14 heavy (non-hydrogen) atoms. The molecular weight excluding hydrogens is 178 g/mol. The molecule has 0 heterocycles. The Morgan fingerprint density at radius 3 is 2.71 bits per heavy atom. The molecule has 1 rings (SSSR count). The monoisotopic (exact) mass is 187 g/mol. The van der Waals surface area contributed by atoms with E-state index in [1.54, 1.807) is 18.2 Å². The second-order valence-electron chi connectivity index (χ2n) is 2.80. The molecule has 0 spiro atoms. The van der Waals surface area contributed by atoms with E-state index in [4.69, 9.17) is 5.26 Å². The van der Waals surface area contributed by atoms with Crippen LogP contribution in [0.2, 0.25) is 0 Å². The third-order valence-corrected chi connectivity index (χ3v) is 1.79. The average molecular weight is 187 g/mol. The largest absolute Gasteiger partial charge is 0.507 e. The van der Waals surface area contributed by atoms with Gasteiger partial charge in [-0.3, -0.25) is 4.79 Å². The van der Waals surface area contributed by atoms with E-state index >= 15 is 0 Å². The fourth-order valence-electron chi connectivity index (χ4n) is 1.04. The van der Waals surface area contributed by atoms with Crippen molar-refractivity contribution in [3.05, 3.63) is 41.5 Å². The lowest BCUT2D eigenvalue weighted by molar-refractivity contribution is 0.103. The fraction of sp³-hybridized carbons (Fsp3) is 0.0909. The van der Waals surface area contributed by atoms with E-state index in [2.05, 4.69) is 0 Å². The van der Waals surface area contributed by atoms with Crippen molar-refractivity contribution in [1.29, 1.82) is 5.26 Å². The molecule has 0 bridgehead atoms. The van der Waals surface area contributed by atoms with Gasteiger partial charge < -0.3 is 5.11 Å². The molecule has 3 heteroatoms. The van der Waals surface area contributed by atoms with Gasteiger partial charge in [0.15, 0.2) is 5.78 Å². The Morgan fingerprint density at radius 2 is 2.14 bits per heavy atom. The molecule has 0 aliphatic rings. The zero-order chi connectivity index (χ0) is 10.6. The predicted molar refractivity (Wildman–Crippen MR) is 51.8 cm³/mol. The van der Waals surface area contributed by atoms with Crippen molar-refractivity contribution in [2.45, 2.75) is 6.92 Å². The van der Waals surface area contributed by atoms with Gasteiger partial charge in [0.25, 0.3) is 0 Å². The van der Waals surface area contributed by atoms with Crippen LogP contribution < -0.4 is 0 Å². The van der Waals surface area contributed by atoms with Crippen molar-refractivity contribution in [2.75, 3.05) is 0 Å². The van der Waals surface area contributed by atoms with Crippen molar-refractivity contribution >= 4 is 5.78 Å². The molecule has 0 amide bonds. The summed E-state index contributed by atoms with van der Waals surface area (Å²) in [6.45, 7) is 1.54. The van der Waals surface area contributed by atoms with Gasteiger partial charge in [-0.05, 0) is 19.1 Å². The van der Waals surface area contributed by atoms with Gasteiger partial charge in [-0.2, -0.15) is 5.26 Å². The summed E-state index contributed by atoms with van der Waals surface area (Å²) < 4.78 is 0. The Balaban J connectivity index is 3.09. The first-order chi connectivity index (χ1) is 6.66. The van der Waals surface area contributed by atoms with E-state index in [1.165, 1.54) is 19.1 Å². The third kappa shape index (κ3) is 1.99. The van der Waals surface area contributed by atoms with Crippen LogP contribution in [-0.2, 0) is 0 Å². The fourth-order valence-corrected chi connectivity index (χ4v) is 1.04. The lowest BCUT2D eigenvalue weighted by Gasteiger charge is -2.01. The molecule has 0 aliphatic carbocycles. The number of aromatic hydroxyl groups is 1.